The summed E-state index contributed by atoms with van der Waals surface area (Å²) in [7, 11) is 0. The van der Waals surface area contributed by atoms with Crippen LogP contribution in [0.2, 0.25) is 0 Å². The van der Waals surface area contributed by atoms with Crippen molar-refractivity contribution in [2.75, 3.05) is 19.6 Å². The van der Waals surface area contributed by atoms with E-state index < -0.39 is 0 Å². The molecule has 1 aromatic heterocycles. The summed E-state index contributed by atoms with van der Waals surface area (Å²) in [5.74, 6) is 0.667. The highest BCUT2D eigenvalue weighted by Gasteiger charge is 2.07. The molecule has 2 N–H and O–H groups in total. The summed E-state index contributed by atoms with van der Waals surface area (Å²) in [5.41, 5.74) is 6.71. The third-order valence-corrected chi connectivity index (χ3v) is 2.18. The first-order valence-electron chi connectivity index (χ1n) is 5.54. The van der Waals surface area contributed by atoms with Crippen LogP contribution in [-0.2, 0) is 6.54 Å². The molecule has 1 heterocycles. The zero-order chi connectivity index (χ0) is 11.1. The van der Waals surface area contributed by atoms with Gasteiger partial charge in [0, 0.05) is 32.4 Å². The Morgan fingerprint density at radius 3 is 2.73 bits per heavy atom. The molecule has 0 aliphatic heterocycles. The zero-order valence-electron chi connectivity index (χ0n) is 9.69. The molecule has 0 aliphatic rings. The van der Waals surface area contributed by atoms with Crippen LogP contribution >= 0.6 is 0 Å². The Kier molecular flexibility index (Phi) is 5.29. The van der Waals surface area contributed by atoms with Gasteiger partial charge in [0.15, 0.2) is 0 Å². The number of aromatic nitrogens is 1. The average molecular weight is 207 g/mol. The van der Waals surface area contributed by atoms with E-state index in [2.05, 4.69) is 29.8 Å². The van der Waals surface area contributed by atoms with E-state index in [1.54, 1.807) is 0 Å². The fourth-order valence-electron chi connectivity index (χ4n) is 1.65. The molecule has 0 aliphatic carbocycles. The molecule has 0 radical (unpaired) electrons. The topological polar surface area (TPSA) is 42.1 Å². The van der Waals surface area contributed by atoms with Gasteiger partial charge in [-0.2, -0.15) is 0 Å². The quantitative estimate of drug-likeness (QED) is 0.768. The van der Waals surface area contributed by atoms with E-state index >= 15 is 0 Å². The van der Waals surface area contributed by atoms with Crippen molar-refractivity contribution < 1.29 is 0 Å². The number of nitrogens with two attached hydrogens (primary N) is 1. The van der Waals surface area contributed by atoms with Gasteiger partial charge in [0.05, 0.1) is 5.69 Å². The lowest BCUT2D eigenvalue weighted by atomic mass is 10.2. The number of nitrogens with zero attached hydrogens (tertiary/aromatic N) is 2. The maximum atomic E-state index is 5.60. The Morgan fingerprint density at radius 2 is 2.20 bits per heavy atom. The van der Waals surface area contributed by atoms with Gasteiger partial charge in [-0.1, -0.05) is 19.9 Å². The Balaban J connectivity index is 2.50. The second kappa shape index (κ2) is 6.53. The van der Waals surface area contributed by atoms with Crippen molar-refractivity contribution in [1.29, 1.82) is 0 Å². The molecule has 1 aromatic rings. The molecule has 0 spiro atoms. The van der Waals surface area contributed by atoms with Gasteiger partial charge >= 0.3 is 0 Å². The fraction of sp³-hybridized carbons (Fsp3) is 0.583. The van der Waals surface area contributed by atoms with E-state index in [0.29, 0.717) is 12.5 Å². The summed E-state index contributed by atoms with van der Waals surface area (Å²) < 4.78 is 0. The minimum atomic E-state index is 0.667. The lowest BCUT2D eigenvalue weighted by Crippen LogP contribution is -2.32. The highest BCUT2D eigenvalue weighted by Crippen LogP contribution is 2.04. The molecule has 15 heavy (non-hydrogen) atoms. The first kappa shape index (κ1) is 12.1. The zero-order valence-corrected chi connectivity index (χ0v) is 9.69. The molecular weight excluding hydrogens is 186 g/mol. The van der Waals surface area contributed by atoms with E-state index in [-0.39, 0.29) is 0 Å². The van der Waals surface area contributed by atoms with E-state index in [9.17, 15) is 0 Å². The first-order chi connectivity index (χ1) is 7.22. The summed E-state index contributed by atoms with van der Waals surface area (Å²) in [4.78, 5) is 6.68. The van der Waals surface area contributed by atoms with Crippen molar-refractivity contribution in [3.05, 3.63) is 30.1 Å². The summed E-state index contributed by atoms with van der Waals surface area (Å²) >= 11 is 0. The van der Waals surface area contributed by atoms with Crippen LogP contribution in [0.5, 0.6) is 0 Å². The predicted molar refractivity (Wildman–Crippen MR) is 63.4 cm³/mol. The standard InChI is InChI=1S/C12H21N3/c1-11(2)9-15(8-6-13)10-12-5-3-4-7-14-12/h3-5,7,11H,6,8-10,13H2,1-2H3. The van der Waals surface area contributed by atoms with Gasteiger partial charge in [-0.15, -0.1) is 0 Å². The molecule has 0 atom stereocenters. The van der Waals surface area contributed by atoms with Crippen LogP contribution in [0.25, 0.3) is 0 Å². The second-order valence-electron chi connectivity index (χ2n) is 4.24. The van der Waals surface area contributed by atoms with Gasteiger partial charge in [0.25, 0.3) is 0 Å². The van der Waals surface area contributed by atoms with Crippen molar-refractivity contribution in [1.82, 2.24) is 9.88 Å². The minimum absolute atomic E-state index is 0.667. The largest absolute Gasteiger partial charge is 0.329 e. The van der Waals surface area contributed by atoms with Crippen LogP contribution in [-0.4, -0.2) is 29.5 Å². The molecule has 0 bridgehead atoms. The SMILES string of the molecule is CC(C)CN(CCN)Cc1ccccn1. The molecule has 0 aromatic carbocycles. The molecule has 0 unspecified atom stereocenters. The van der Waals surface area contributed by atoms with Gasteiger partial charge in [-0.25, -0.2) is 0 Å². The Labute approximate surface area is 92.3 Å². The monoisotopic (exact) mass is 207 g/mol. The van der Waals surface area contributed by atoms with Crippen LogP contribution in [0.15, 0.2) is 24.4 Å². The molecule has 3 heteroatoms. The smallest absolute Gasteiger partial charge is 0.0543 e. The lowest BCUT2D eigenvalue weighted by molar-refractivity contribution is 0.240. The summed E-state index contributed by atoms with van der Waals surface area (Å²) in [5, 5.41) is 0. The highest BCUT2D eigenvalue weighted by molar-refractivity contribution is 5.03. The van der Waals surface area contributed by atoms with E-state index in [4.69, 9.17) is 5.73 Å². The molecule has 1 rings (SSSR count). The van der Waals surface area contributed by atoms with Crippen LogP contribution in [0, 0.1) is 5.92 Å². The van der Waals surface area contributed by atoms with Crippen molar-refractivity contribution in [2.45, 2.75) is 20.4 Å². The maximum absolute atomic E-state index is 5.60. The number of pyridine rings is 1. The van der Waals surface area contributed by atoms with Crippen LogP contribution < -0.4 is 5.73 Å². The van der Waals surface area contributed by atoms with Gasteiger partial charge < -0.3 is 5.73 Å². The number of hydrogen-bond acceptors (Lipinski definition) is 3. The van der Waals surface area contributed by atoms with E-state index in [0.717, 1.165) is 25.3 Å². The molecule has 0 fully saturated rings. The van der Waals surface area contributed by atoms with E-state index in [1.807, 2.05) is 18.3 Å². The van der Waals surface area contributed by atoms with Gasteiger partial charge in [0.2, 0.25) is 0 Å². The minimum Gasteiger partial charge on any atom is -0.329 e. The molecular formula is C12H21N3. The van der Waals surface area contributed by atoms with Crippen LogP contribution in [0.4, 0.5) is 0 Å². The van der Waals surface area contributed by atoms with Crippen molar-refractivity contribution in [3.63, 3.8) is 0 Å². The summed E-state index contributed by atoms with van der Waals surface area (Å²) in [6.45, 7) is 8.07. The van der Waals surface area contributed by atoms with Crippen LogP contribution in [0.1, 0.15) is 19.5 Å². The Morgan fingerprint density at radius 1 is 1.40 bits per heavy atom. The Hall–Kier alpha value is -0.930. The van der Waals surface area contributed by atoms with Crippen molar-refractivity contribution in [2.24, 2.45) is 11.7 Å². The van der Waals surface area contributed by atoms with Crippen LogP contribution in [0.3, 0.4) is 0 Å². The molecule has 0 amide bonds. The third kappa shape index (κ3) is 4.91. The maximum Gasteiger partial charge on any atom is 0.0543 e. The average Bonchev–Trinajstić information content (AvgIpc) is 2.18. The molecule has 84 valence electrons. The molecule has 0 saturated carbocycles. The summed E-state index contributed by atoms with van der Waals surface area (Å²) in [6.07, 6.45) is 1.84. The Bertz CT molecular complexity index is 259. The number of rotatable bonds is 6. The van der Waals surface area contributed by atoms with E-state index in [1.165, 1.54) is 0 Å². The normalized spacial score (nSPS) is 11.3. The van der Waals surface area contributed by atoms with Gasteiger partial charge in [-0.05, 0) is 18.1 Å². The van der Waals surface area contributed by atoms with Crippen molar-refractivity contribution in [3.8, 4) is 0 Å². The second-order valence-corrected chi connectivity index (χ2v) is 4.24. The summed E-state index contributed by atoms with van der Waals surface area (Å²) in [6, 6.07) is 6.03. The molecule has 3 nitrogen and oxygen atoms in total. The van der Waals surface area contributed by atoms with Crippen molar-refractivity contribution >= 4 is 0 Å². The third-order valence-electron chi connectivity index (χ3n) is 2.18. The molecule has 0 saturated heterocycles. The first-order valence-corrected chi connectivity index (χ1v) is 5.54. The lowest BCUT2D eigenvalue weighted by Gasteiger charge is -2.23. The predicted octanol–water partition coefficient (Wildman–Crippen LogP) is 1.50. The number of hydrogen-bond donors (Lipinski definition) is 1. The van der Waals surface area contributed by atoms with Gasteiger partial charge in [0.1, 0.15) is 0 Å². The fourth-order valence-corrected chi connectivity index (χ4v) is 1.65. The van der Waals surface area contributed by atoms with Gasteiger partial charge in [-0.3, -0.25) is 9.88 Å². The highest BCUT2D eigenvalue weighted by atomic mass is 15.1.